The van der Waals surface area contributed by atoms with Crippen LogP contribution in [0.4, 0.5) is 5.69 Å². The number of nitrogens with one attached hydrogen (secondary N) is 2. The second kappa shape index (κ2) is 7.92. The van der Waals surface area contributed by atoms with E-state index in [1.807, 2.05) is 12.1 Å². The van der Waals surface area contributed by atoms with E-state index in [0.717, 1.165) is 11.3 Å². The van der Waals surface area contributed by atoms with Crippen molar-refractivity contribution in [1.29, 1.82) is 0 Å². The second-order valence-corrected chi connectivity index (χ2v) is 5.45. The summed E-state index contributed by atoms with van der Waals surface area (Å²) in [6.07, 6.45) is 0. The first-order valence-electron chi connectivity index (χ1n) is 6.67. The Bertz CT molecular complexity index is 645. The van der Waals surface area contributed by atoms with E-state index in [1.165, 1.54) is 0 Å². The highest BCUT2D eigenvalue weighted by atomic mass is 35.5. The van der Waals surface area contributed by atoms with Crippen molar-refractivity contribution in [2.45, 2.75) is 6.54 Å². The molecule has 0 aliphatic carbocycles. The highest BCUT2D eigenvalue weighted by Crippen LogP contribution is 2.26. The number of halogens is 2. The number of rotatable bonds is 6. The van der Waals surface area contributed by atoms with Gasteiger partial charge in [0.2, 0.25) is 5.91 Å². The van der Waals surface area contributed by atoms with Crippen LogP contribution in [0.25, 0.3) is 0 Å². The van der Waals surface area contributed by atoms with E-state index in [4.69, 9.17) is 27.9 Å². The van der Waals surface area contributed by atoms with Crippen molar-refractivity contribution < 1.29 is 9.53 Å². The number of anilines is 1. The number of carbonyl (C=O) groups is 1. The molecule has 4 nitrogen and oxygen atoms in total. The Morgan fingerprint density at radius 2 is 1.86 bits per heavy atom. The Morgan fingerprint density at radius 1 is 1.14 bits per heavy atom. The largest absolute Gasteiger partial charge is 0.495 e. The van der Waals surface area contributed by atoms with Gasteiger partial charge in [0.1, 0.15) is 5.75 Å². The van der Waals surface area contributed by atoms with Crippen LogP contribution < -0.4 is 15.4 Å². The summed E-state index contributed by atoms with van der Waals surface area (Å²) in [5.74, 6) is 0.487. The standard InChI is InChI=1S/C16H16Cl2N2O2/c1-22-15-7-6-13(8-14(15)18)19-10-16(21)20-9-11-2-4-12(17)5-3-11/h2-8,19H,9-10H2,1H3,(H,20,21). The minimum absolute atomic E-state index is 0.109. The van der Waals surface area contributed by atoms with Gasteiger partial charge in [0.25, 0.3) is 0 Å². The van der Waals surface area contributed by atoms with Crippen molar-refractivity contribution in [2.24, 2.45) is 0 Å². The third-order valence-electron chi connectivity index (χ3n) is 3.01. The summed E-state index contributed by atoms with van der Waals surface area (Å²) in [6.45, 7) is 0.622. The van der Waals surface area contributed by atoms with Gasteiger partial charge in [-0.1, -0.05) is 35.3 Å². The van der Waals surface area contributed by atoms with Crippen molar-refractivity contribution in [3.05, 3.63) is 58.1 Å². The average molecular weight is 339 g/mol. The van der Waals surface area contributed by atoms with Gasteiger partial charge in [0.05, 0.1) is 18.7 Å². The van der Waals surface area contributed by atoms with Crippen LogP contribution in [-0.4, -0.2) is 19.6 Å². The molecule has 0 bridgehead atoms. The lowest BCUT2D eigenvalue weighted by molar-refractivity contribution is -0.119. The quantitative estimate of drug-likeness (QED) is 0.843. The topological polar surface area (TPSA) is 50.4 Å². The van der Waals surface area contributed by atoms with Crippen LogP contribution in [-0.2, 0) is 11.3 Å². The molecule has 2 aromatic carbocycles. The summed E-state index contributed by atoms with van der Waals surface area (Å²) >= 11 is 11.8. The first-order valence-corrected chi connectivity index (χ1v) is 7.42. The highest BCUT2D eigenvalue weighted by Gasteiger charge is 2.04. The molecule has 0 atom stereocenters. The maximum atomic E-state index is 11.8. The summed E-state index contributed by atoms with van der Waals surface area (Å²) in [6, 6.07) is 12.6. The van der Waals surface area contributed by atoms with Crippen molar-refractivity contribution in [1.82, 2.24) is 5.32 Å². The first kappa shape index (κ1) is 16.5. The smallest absolute Gasteiger partial charge is 0.239 e. The molecule has 0 aromatic heterocycles. The maximum Gasteiger partial charge on any atom is 0.239 e. The lowest BCUT2D eigenvalue weighted by Gasteiger charge is -2.09. The van der Waals surface area contributed by atoms with Crippen LogP contribution in [0.2, 0.25) is 10.0 Å². The van der Waals surface area contributed by atoms with Crippen molar-refractivity contribution in [2.75, 3.05) is 19.0 Å². The van der Waals surface area contributed by atoms with Crippen LogP contribution in [0.3, 0.4) is 0 Å². The first-order chi connectivity index (χ1) is 10.6. The third kappa shape index (κ3) is 4.83. The van der Waals surface area contributed by atoms with Crippen LogP contribution in [0.1, 0.15) is 5.56 Å². The zero-order chi connectivity index (χ0) is 15.9. The molecular formula is C16H16Cl2N2O2. The van der Waals surface area contributed by atoms with Crippen molar-refractivity contribution in [3.8, 4) is 5.75 Å². The molecule has 2 aromatic rings. The lowest BCUT2D eigenvalue weighted by Crippen LogP contribution is -2.29. The van der Waals surface area contributed by atoms with E-state index in [-0.39, 0.29) is 12.5 Å². The summed E-state index contributed by atoms with van der Waals surface area (Å²) in [4.78, 5) is 11.8. The van der Waals surface area contributed by atoms with Crippen LogP contribution in [0, 0.1) is 0 Å². The molecule has 116 valence electrons. The predicted molar refractivity (Wildman–Crippen MR) is 89.8 cm³/mol. The number of carbonyl (C=O) groups excluding carboxylic acids is 1. The van der Waals surface area contributed by atoms with Gasteiger partial charge in [-0.25, -0.2) is 0 Å². The normalized spacial score (nSPS) is 10.1. The lowest BCUT2D eigenvalue weighted by atomic mass is 10.2. The van der Waals surface area contributed by atoms with Crippen LogP contribution in [0.5, 0.6) is 5.75 Å². The van der Waals surface area contributed by atoms with Gasteiger partial charge in [0.15, 0.2) is 0 Å². The van der Waals surface area contributed by atoms with Crippen molar-refractivity contribution >= 4 is 34.8 Å². The van der Waals surface area contributed by atoms with E-state index in [1.54, 1.807) is 37.4 Å². The van der Waals surface area contributed by atoms with E-state index in [0.29, 0.717) is 22.3 Å². The van der Waals surface area contributed by atoms with Gasteiger partial charge in [0, 0.05) is 17.3 Å². The van der Waals surface area contributed by atoms with E-state index < -0.39 is 0 Å². The Hall–Kier alpha value is -1.91. The minimum Gasteiger partial charge on any atom is -0.495 e. The molecule has 2 rings (SSSR count). The molecule has 0 fully saturated rings. The van der Waals surface area contributed by atoms with Gasteiger partial charge in [-0.05, 0) is 35.9 Å². The van der Waals surface area contributed by atoms with Gasteiger partial charge in [-0.2, -0.15) is 0 Å². The molecule has 1 amide bonds. The molecule has 0 spiro atoms. The summed E-state index contributed by atoms with van der Waals surface area (Å²) in [7, 11) is 1.55. The van der Waals surface area contributed by atoms with Gasteiger partial charge in [-0.3, -0.25) is 4.79 Å². The van der Waals surface area contributed by atoms with E-state index in [9.17, 15) is 4.79 Å². The molecule has 0 unspecified atom stereocenters. The minimum atomic E-state index is -0.109. The fourth-order valence-corrected chi connectivity index (χ4v) is 2.21. The summed E-state index contributed by atoms with van der Waals surface area (Å²) in [5, 5.41) is 7.00. The molecule has 22 heavy (non-hydrogen) atoms. The number of amides is 1. The van der Waals surface area contributed by atoms with Gasteiger partial charge in [-0.15, -0.1) is 0 Å². The van der Waals surface area contributed by atoms with Gasteiger partial charge >= 0.3 is 0 Å². The number of hydrogen-bond donors (Lipinski definition) is 2. The fraction of sp³-hybridized carbons (Fsp3) is 0.188. The van der Waals surface area contributed by atoms with Crippen molar-refractivity contribution in [3.63, 3.8) is 0 Å². The number of methoxy groups -OCH3 is 1. The van der Waals surface area contributed by atoms with Crippen LogP contribution >= 0.6 is 23.2 Å². The highest BCUT2D eigenvalue weighted by molar-refractivity contribution is 6.32. The third-order valence-corrected chi connectivity index (χ3v) is 3.56. The van der Waals surface area contributed by atoms with E-state index >= 15 is 0 Å². The average Bonchev–Trinajstić information content (AvgIpc) is 2.52. The molecule has 0 aliphatic heterocycles. The molecule has 2 N–H and O–H groups in total. The molecule has 0 saturated heterocycles. The second-order valence-electron chi connectivity index (χ2n) is 4.61. The van der Waals surface area contributed by atoms with Gasteiger partial charge < -0.3 is 15.4 Å². The number of benzene rings is 2. The van der Waals surface area contributed by atoms with Crippen LogP contribution in [0.15, 0.2) is 42.5 Å². The molecular weight excluding hydrogens is 323 g/mol. The molecule has 0 saturated carbocycles. The van der Waals surface area contributed by atoms with E-state index in [2.05, 4.69) is 10.6 Å². The number of hydrogen-bond acceptors (Lipinski definition) is 3. The Labute approximate surface area is 139 Å². The zero-order valence-electron chi connectivity index (χ0n) is 12.0. The molecule has 0 heterocycles. The molecule has 6 heteroatoms. The molecule has 0 radical (unpaired) electrons. The SMILES string of the molecule is COc1ccc(NCC(=O)NCc2ccc(Cl)cc2)cc1Cl. The Morgan fingerprint density at radius 3 is 2.50 bits per heavy atom. The zero-order valence-corrected chi connectivity index (χ0v) is 13.5. The Balaban J connectivity index is 1.80. The maximum absolute atomic E-state index is 11.8. The summed E-state index contributed by atoms with van der Waals surface area (Å²) in [5.41, 5.74) is 1.75. The fourth-order valence-electron chi connectivity index (χ4n) is 1.82. The summed E-state index contributed by atoms with van der Waals surface area (Å²) < 4.78 is 5.07. The predicted octanol–water partition coefficient (Wildman–Crippen LogP) is 3.73. The number of ether oxygens (including phenoxy) is 1. The molecule has 0 aliphatic rings. The Kier molecular flexibility index (Phi) is 5.92. The monoisotopic (exact) mass is 338 g/mol.